The molecule has 0 spiro atoms. The van der Waals surface area contributed by atoms with E-state index in [2.05, 4.69) is 0 Å². The number of amides is 1. The van der Waals surface area contributed by atoms with E-state index in [4.69, 9.17) is 5.73 Å². The number of aromatic hydroxyl groups is 1. The summed E-state index contributed by atoms with van der Waals surface area (Å²) in [5.41, 5.74) is 5.85. The number of para-hydroxylation sites is 1. The Morgan fingerprint density at radius 3 is 2.83 bits per heavy atom. The highest BCUT2D eigenvalue weighted by atomic mass is 16.5. The van der Waals surface area contributed by atoms with Crippen molar-refractivity contribution in [1.29, 1.82) is 0 Å². The highest BCUT2D eigenvalue weighted by molar-refractivity contribution is 6.00. The van der Waals surface area contributed by atoms with E-state index in [-0.39, 0.29) is 22.9 Å². The number of nitrogen functional groups attached to an aromatic ring is 1. The number of phenols is 1. The van der Waals surface area contributed by atoms with Crippen molar-refractivity contribution in [3.05, 3.63) is 23.8 Å². The van der Waals surface area contributed by atoms with E-state index in [0.29, 0.717) is 19.4 Å². The van der Waals surface area contributed by atoms with Crippen LogP contribution in [0.2, 0.25) is 0 Å². The van der Waals surface area contributed by atoms with Crippen LogP contribution in [0.25, 0.3) is 0 Å². The Morgan fingerprint density at radius 1 is 1.44 bits per heavy atom. The lowest BCUT2D eigenvalue weighted by molar-refractivity contribution is -0.0841. The summed E-state index contributed by atoms with van der Waals surface area (Å²) in [6.45, 7) is 0.455. The van der Waals surface area contributed by atoms with Crippen LogP contribution in [0.3, 0.4) is 0 Å². The predicted octanol–water partition coefficient (Wildman–Crippen LogP) is -0.110. The van der Waals surface area contributed by atoms with E-state index in [1.807, 2.05) is 0 Å². The molecule has 0 aromatic heterocycles. The number of phenolic OH excluding ortho intramolecular Hbond substituents is 1. The van der Waals surface area contributed by atoms with E-state index in [1.165, 1.54) is 23.1 Å². The van der Waals surface area contributed by atoms with Crippen LogP contribution in [-0.4, -0.2) is 45.0 Å². The van der Waals surface area contributed by atoms with Gasteiger partial charge in [-0.1, -0.05) is 6.07 Å². The molecule has 0 radical (unpaired) electrons. The van der Waals surface area contributed by atoms with Gasteiger partial charge in [-0.2, -0.15) is 0 Å². The van der Waals surface area contributed by atoms with Crippen LogP contribution in [0.15, 0.2) is 18.2 Å². The Bertz CT molecular complexity index is 461. The van der Waals surface area contributed by atoms with Crippen molar-refractivity contribution in [1.82, 2.24) is 4.90 Å². The zero-order valence-electron chi connectivity index (χ0n) is 9.78. The molecule has 1 amide bonds. The number of benzene rings is 1. The van der Waals surface area contributed by atoms with Gasteiger partial charge in [0.1, 0.15) is 5.75 Å². The van der Waals surface area contributed by atoms with Gasteiger partial charge in [0.05, 0.1) is 17.3 Å². The number of nitrogens with two attached hydrogens (primary N) is 1. The number of hydrogen-bond acceptors (Lipinski definition) is 5. The maximum atomic E-state index is 12.2. The van der Waals surface area contributed by atoms with Crippen molar-refractivity contribution >= 4 is 11.6 Å². The summed E-state index contributed by atoms with van der Waals surface area (Å²) < 4.78 is 0. The zero-order valence-corrected chi connectivity index (χ0v) is 9.78. The van der Waals surface area contributed by atoms with E-state index < -0.39 is 12.3 Å². The second-order valence-electron chi connectivity index (χ2n) is 4.36. The second kappa shape index (κ2) is 4.83. The van der Waals surface area contributed by atoms with Crippen molar-refractivity contribution in [2.45, 2.75) is 25.2 Å². The molecule has 0 aliphatic carbocycles. The first-order chi connectivity index (χ1) is 8.52. The third-order valence-corrected chi connectivity index (χ3v) is 3.22. The fourth-order valence-corrected chi connectivity index (χ4v) is 2.25. The summed E-state index contributed by atoms with van der Waals surface area (Å²) >= 11 is 0. The monoisotopic (exact) mass is 252 g/mol. The van der Waals surface area contributed by atoms with E-state index in [1.54, 1.807) is 0 Å². The van der Waals surface area contributed by atoms with Crippen molar-refractivity contribution in [3.63, 3.8) is 0 Å². The molecule has 1 atom stereocenters. The van der Waals surface area contributed by atoms with Crippen molar-refractivity contribution in [2.24, 2.45) is 0 Å². The quantitative estimate of drug-likeness (QED) is 0.334. The molecule has 6 nitrogen and oxygen atoms in total. The summed E-state index contributed by atoms with van der Waals surface area (Å²) in [7, 11) is 0. The molecule has 1 aromatic carbocycles. The lowest BCUT2D eigenvalue weighted by atomic mass is 10.1. The van der Waals surface area contributed by atoms with Crippen LogP contribution in [0, 0.1) is 0 Å². The molecule has 1 aromatic rings. The van der Waals surface area contributed by atoms with Gasteiger partial charge in [-0.05, 0) is 25.0 Å². The molecule has 18 heavy (non-hydrogen) atoms. The number of nitrogens with zero attached hydrogens (tertiary/aromatic N) is 1. The Morgan fingerprint density at radius 2 is 2.17 bits per heavy atom. The molecule has 0 bridgehead atoms. The van der Waals surface area contributed by atoms with E-state index >= 15 is 0 Å². The maximum absolute atomic E-state index is 12.2. The summed E-state index contributed by atoms with van der Waals surface area (Å²) in [4.78, 5) is 13.6. The summed E-state index contributed by atoms with van der Waals surface area (Å²) in [6.07, 6.45) is -0.301. The van der Waals surface area contributed by atoms with E-state index in [0.717, 1.165) is 0 Å². The summed E-state index contributed by atoms with van der Waals surface area (Å²) in [6, 6.07) is 3.82. The highest BCUT2D eigenvalue weighted by Gasteiger charge is 2.34. The first-order valence-corrected chi connectivity index (χ1v) is 5.77. The van der Waals surface area contributed by atoms with Crippen LogP contribution < -0.4 is 5.73 Å². The Hall–Kier alpha value is -1.79. The average molecular weight is 252 g/mol. The third kappa shape index (κ3) is 2.12. The van der Waals surface area contributed by atoms with E-state index in [9.17, 15) is 20.1 Å². The molecule has 1 aliphatic heterocycles. The SMILES string of the molecule is Nc1c(O)cccc1C(=O)N1CCC[C@H]1C(O)O. The third-order valence-electron chi connectivity index (χ3n) is 3.22. The lowest BCUT2D eigenvalue weighted by Gasteiger charge is -2.26. The minimum atomic E-state index is -1.56. The van der Waals surface area contributed by atoms with Gasteiger partial charge >= 0.3 is 0 Å². The van der Waals surface area contributed by atoms with Crippen LogP contribution in [0.5, 0.6) is 5.75 Å². The van der Waals surface area contributed by atoms with Gasteiger partial charge in [0.15, 0.2) is 6.29 Å². The molecule has 1 heterocycles. The predicted molar refractivity (Wildman–Crippen MR) is 64.8 cm³/mol. The number of rotatable bonds is 2. The second-order valence-corrected chi connectivity index (χ2v) is 4.36. The van der Waals surface area contributed by atoms with Crippen molar-refractivity contribution in [3.8, 4) is 5.75 Å². The van der Waals surface area contributed by atoms with Gasteiger partial charge in [0, 0.05) is 6.54 Å². The molecule has 98 valence electrons. The molecule has 1 aliphatic rings. The first-order valence-electron chi connectivity index (χ1n) is 5.77. The highest BCUT2D eigenvalue weighted by Crippen LogP contribution is 2.28. The van der Waals surface area contributed by atoms with Crippen LogP contribution in [0.1, 0.15) is 23.2 Å². The Labute approximate surface area is 104 Å². The molecular weight excluding hydrogens is 236 g/mol. The van der Waals surface area contributed by atoms with Gasteiger partial charge < -0.3 is 26.0 Å². The van der Waals surface area contributed by atoms with Crippen molar-refractivity contribution in [2.75, 3.05) is 12.3 Å². The first kappa shape index (κ1) is 12.7. The largest absolute Gasteiger partial charge is 0.506 e. The minimum absolute atomic E-state index is 0.0144. The molecule has 5 N–H and O–H groups in total. The van der Waals surface area contributed by atoms with Gasteiger partial charge in [-0.3, -0.25) is 4.79 Å². The normalized spacial score (nSPS) is 19.5. The molecule has 1 saturated heterocycles. The van der Waals surface area contributed by atoms with Crippen LogP contribution >= 0.6 is 0 Å². The van der Waals surface area contributed by atoms with Gasteiger partial charge in [-0.15, -0.1) is 0 Å². The number of carbonyl (C=O) groups is 1. The minimum Gasteiger partial charge on any atom is -0.506 e. The molecule has 0 saturated carbocycles. The number of hydrogen-bond donors (Lipinski definition) is 4. The fraction of sp³-hybridized carbons (Fsp3) is 0.417. The van der Waals surface area contributed by atoms with Crippen LogP contribution in [0.4, 0.5) is 5.69 Å². The number of anilines is 1. The Balaban J connectivity index is 2.28. The topological polar surface area (TPSA) is 107 Å². The molecule has 6 heteroatoms. The smallest absolute Gasteiger partial charge is 0.256 e. The maximum Gasteiger partial charge on any atom is 0.256 e. The zero-order chi connectivity index (χ0) is 13.3. The standard InChI is InChI=1S/C12H16N2O4/c13-10-7(3-1-5-9(10)15)11(16)14-6-2-4-8(14)12(17)18/h1,3,5,8,12,15,17-18H,2,4,6,13H2/t8-/m0/s1. The lowest BCUT2D eigenvalue weighted by Crippen LogP contribution is -2.42. The molecule has 0 unspecified atom stereocenters. The van der Waals surface area contributed by atoms with Crippen molar-refractivity contribution < 1.29 is 20.1 Å². The summed E-state index contributed by atoms with van der Waals surface area (Å²) in [5.74, 6) is -0.542. The van der Waals surface area contributed by atoms with Gasteiger partial charge in [0.2, 0.25) is 0 Å². The van der Waals surface area contributed by atoms with Gasteiger partial charge in [-0.25, -0.2) is 0 Å². The number of aliphatic hydroxyl groups excluding tert-OH is 1. The number of carbonyl (C=O) groups excluding carboxylic acids is 1. The molecular formula is C12H16N2O4. The fourth-order valence-electron chi connectivity index (χ4n) is 2.25. The number of aliphatic hydroxyl groups is 2. The van der Waals surface area contributed by atoms with Crippen LogP contribution in [-0.2, 0) is 0 Å². The summed E-state index contributed by atoms with van der Waals surface area (Å²) in [5, 5.41) is 27.9. The molecule has 2 rings (SSSR count). The molecule has 1 fully saturated rings. The Kier molecular flexibility index (Phi) is 3.40. The average Bonchev–Trinajstić information content (AvgIpc) is 2.81. The van der Waals surface area contributed by atoms with Gasteiger partial charge in [0.25, 0.3) is 5.91 Å². The number of likely N-dealkylation sites (tertiary alicyclic amines) is 1.